The SMILES string of the molecule is CCCCCCCCC(CCCCCCCCCCc1c(F)c(F)c(F)c(F)c1F)C(O)(O)OC. The van der Waals surface area contributed by atoms with E-state index in [4.69, 9.17) is 4.74 Å². The fourth-order valence-corrected chi connectivity index (χ4v) is 4.48. The summed E-state index contributed by atoms with van der Waals surface area (Å²) < 4.78 is 71.8. The predicted octanol–water partition coefficient (Wildman–Crippen LogP) is 8.09. The molecule has 0 bridgehead atoms. The molecule has 0 aliphatic rings. The largest absolute Gasteiger partial charge is 0.343 e. The molecule has 8 heteroatoms. The van der Waals surface area contributed by atoms with Gasteiger partial charge in [-0.3, -0.25) is 0 Å². The van der Waals surface area contributed by atoms with Gasteiger partial charge >= 0.3 is 0 Å². The molecule has 0 spiro atoms. The summed E-state index contributed by atoms with van der Waals surface area (Å²) in [6, 6.07) is 0. The Balaban J connectivity index is 2.20. The van der Waals surface area contributed by atoms with E-state index >= 15 is 0 Å². The third-order valence-corrected chi connectivity index (χ3v) is 6.77. The normalized spacial score (nSPS) is 12.9. The Morgan fingerprint density at radius 3 is 1.40 bits per heavy atom. The van der Waals surface area contributed by atoms with Crippen LogP contribution in [0.15, 0.2) is 0 Å². The zero-order valence-corrected chi connectivity index (χ0v) is 21.3. The fourth-order valence-electron chi connectivity index (χ4n) is 4.48. The van der Waals surface area contributed by atoms with Gasteiger partial charge in [-0.05, 0) is 25.7 Å². The van der Waals surface area contributed by atoms with Gasteiger partial charge in [0.25, 0.3) is 5.97 Å². The summed E-state index contributed by atoms with van der Waals surface area (Å²) in [7, 11) is 1.31. The van der Waals surface area contributed by atoms with Crippen LogP contribution in [0, 0.1) is 35.0 Å². The van der Waals surface area contributed by atoms with Crippen molar-refractivity contribution in [3.8, 4) is 0 Å². The second kappa shape index (κ2) is 17.2. The van der Waals surface area contributed by atoms with Gasteiger partial charge in [0.1, 0.15) is 0 Å². The lowest BCUT2D eigenvalue weighted by atomic mass is 9.92. The van der Waals surface area contributed by atoms with Gasteiger partial charge < -0.3 is 14.9 Å². The maximum absolute atomic E-state index is 13.7. The van der Waals surface area contributed by atoms with Crippen molar-refractivity contribution in [2.24, 2.45) is 5.92 Å². The molecule has 1 unspecified atom stereocenters. The zero-order valence-electron chi connectivity index (χ0n) is 21.3. The average Bonchev–Trinajstić information content (AvgIpc) is 2.84. The van der Waals surface area contributed by atoms with Crippen molar-refractivity contribution in [3.63, 3.8) is 0 Å². The number of aliphatic hydroxyl groups is 2. The lowest BCUT2D eigenvalue weighted by molar-refractivity contribution is -0.357. The minimum Gasteiger partial charge on any atom is -0.343 e. The van der Waals surface area contributed by atoms with Crippen LogP contribution in [0.25, 0.3) is 0 Å². The molecule has 0 saturated heterocycles. The van der Waals surface area contributed by atoms with Gasteiger partial charge in [-0.2, -0.15) is 0 Å². The predicted molar refractivity (Wildman–Crippen MR) is 127 cm³/mol. The van der Waals surface area contributed by atoms with Crippen molar-refractivity contribution in [1.29, 1.82) is 0 Å². The zero-order chi connectivity index (χ0) is 26.3. The van der Waals surface area contributed by atoms with E-state index in [9.17, 15) is 32.2 Å². The molecule has 1 rings (SSSR count). The molecule has 0 heterocycles. The highest BCUT2D eigenvalue weighted by atomic mass is 19.2. The lowest BCUT2D eigenvalue weighted by Gasteiger charge is -2.29. The number of rotatable bonds is 20. The third kappa shape index (κ3) is 11.1. The van der Waals surface area contributed by atoms with E-state index in [1.807, 2.05) is 0 Å². The van der Waals surface area contributed by atoms with Gasteiger partial charge in [-0.1, -0.05) is 90.4 Å². The monoisotopic (exact) mass is 510 g/mol. The van der Waals surface area contributed by atoms with E-state index < -0.39 is 40.6 Å². The van der Waals surface area contributed by atoms with Crippen molar-refractivity contribution in [1.82, 2.24) is 0 Å². The molecule has 204 valence electrons. The Labute approximate surface area is 207 Å². The summed E-state index contributed by atoms with van der Waals surface area (Å²) in [5.41, 5.74) is -0.739. The smallest absolute Gasteiger partial charge is 0.280 e. The van der Waals surface area contributed by atoms with Crippen LogP contribution in [-0.2, 0) is 11.2 Å². The summed E-state index contributed by atoms with van der Waals surface area (Å²) in [5, 5.41) is 20.3. The number of hydrogen-bond acceptors (Lipinski definition) is 3. The van der Waals surface area contributed by atoms with Gasteiger partial charge in [-0.15, -0.1) is 0 Å². The summed E-state index contributed by atoms with van der Waals surface area (Å²) in [5.74, 6) is -11.8. The van der Waals surface area contributed by atoms with E-state index in [2.05, 4.69) is 6.92 Å². The first-order valence-electron chi connectivity index (χ1n) is 13.2. The van der Waals surface area contributed by atoms with E-state index in [0.717, 1.165) is 57.8 Å². The van der Waals surface area contributed by atoms with E-state index in [1.54, 1.807) is 0 Å². The van der Waals surface area contributed by atoms with Gasteiger partial charge in [0.05, 0.1) is 0 Å². The van der Waals surface area contributed by atoms with E-state index in [0.29, 0.717) is 19.3 Å². The van der Waals surface area contributed by atoms with Gasteiger partial charge in [0.2, 0.25) is 5.82 Å². The van der Waals surface area contributed by atoms with E-state index in [-0.39, 0.29) is 12.3 Å². The topological polar surface area (TPSA) is 49.7 Å². The molecule has 2 N–H and O–H groups in total. The first kappa shape index (κ1) is 31.8. The summed E-state index contributed by atoms with van der Waals surface area (Å²) in [4.78, 5) is 0. The Kier molecular flexibility index (Phi) is 15.7. The number of benzene rings is 1. The molecule has 0 aliphatic heterocycles. The third-order valence-electron chi connectivity index (χ3n) is 6.77. The van der Waals surface area contributed by atoms with Gasteiger partial charge in [0, 0.05) is 18.6 Å². The Morgan fingerprint density at radius 2 is 0.971 bits per heavy atom. The van der Waals surface area contributed by atoms with Crippen molar-refractivity contribution < 1.29 is 36.9 Å². The van der Waals surface area contributed by atoms with Crippen LogP contribution in [0.5, 0.6) is 0 Å². The molecule has 0 saturated carbocycles. The minimum absolute atomic E-state index is 0.185. The van der Waals surface area contributed by atoms with Crippen LogP contribution in [-0.4, -0.2) is 23.3 Å². The standard InChI is InChI=1S/C27H43F5O3/c1-3-4-5-6-11-14-17-20(27(33,34)35-2)18-15-12-9-7-8-10-13-16-19-21-22(28)24(30)26(32)25(31)23(21)29/h20,33-34H,3-19H2,1-2H3. The van der Waals surface area contributed by atoms with Crippen LogP contribution in [0.2, 0.25) is 0 Å². The molecule has 3 nitrogen and oxygen atoms in total. The molecule has 0 amide bonds. The number of ether oxygens (including phenoxy) is 1. The molecule has 1 aromatic rings. The first-order chi connectivity index (χ1) is 16.7. The molecule has 35 heavy (non-hydrogen) atoms. The second-order valence-electron chi connectivity index (χ2n) is 9.53. The molecule has 0 radical (unpaired) electrons. The van der Waals surface area contributed by atoms with Crippen LogP contribution in [0.4, 0.5) is 22.0 Å². The lowest BCUT2D eigenvalue weighted by Crippen LogP contribution is -2.39. The fraction of sp³-hybridized carbons (Fsp3) is 0.778. The molecule has 0 fully saturated rings. The van der Waals surface area contributed by atoms with Crippen LogP contribution < -0.4 is 0 Å². The first-order valence-corrected chi connectivity index (χ1v) is 13.2. The van der Waals surface area contributed by atoms with E-state index in [1.165, 1.54) is 32.8 Å². The number of unbranched alkanes of at least 4 members (excludes halogenated alkanes) is 12. The molecule has 1 aromatic carbocycles. The molecule has 1 atom stereocenters. The Morgan fingerprint density at radius 1 is 0.600 bits per heavy atom. The highest BCUT2D eigenvalue weighted by Crippen LogP contribution is 2.28. The van der Waals surface area contributed by atoms with Crippen molar-refractivity contribution >= 4 is 0 Å². The van der Waals surface area contributed by atoms with Gasteiger partial charge in [0.15, 0.2) is 23.3 Å². The maximum Gasteiger partial charge on any atom is 0.280 e. The molecule has 0 aliphatic carbocycles. The summed E-state index contributed by atoms with van der Waals surface area (Å²) in [6.07, 6.45) is 14.6. The summed E-state index contributed by atoms with van der Waals surface area (Å²) in [6.45, 7) is 2.17. The maximum atomic E-state index is 13.7. The summed E-state index contributed by atoms with van der Waals surface area (Å²) >= 11 is 0. The molecular formula is C27H43F5O3. The Bertz CT molecular complexity index is 698. The number of halogens is 5. The van der Waals surface area contributed by atoms with Gasteiger partial charge in [-0.25, -0.2) is 22.0 Å². The van der Waals surface area contributed by atoms with Crippen molar-refractivity contribution in [2.75, 3.05) is 7.11 Å². The second-order valence-corrected chi connectivity index (χ2v) is 9.53. The van der Waals surface area contributed by atoms with Crippen LogP contribution in [0.1, 0.15) is 115 Å². The highest BCUT2D eigenvalue weighted by molar-refractivity contribution is 5.24. The quantitative estimate of drug-likeness (QED) is 0.0613. The molecule has 0 aromatic heterocycles. The minimum atomic E-state index is -2.12. The van der Waals surface area contributed by atoms with Crippen LogP contribution in [0.3, 0.4) is 0 Å². The Hall–Kier alpha value is -1.25. The number of hydrogen-bond donors (Lipinski definition) is 2. The molecular weight excluding hydrogens is 467 g/mol. The van der Waals surface area contributed by atoms with Crippen molar-refractivity contribution in [3.05, 3.63) is 34.6 Å². The van der Waals surface area contributed by atoms with Crippen molar-refractivity contribution in [2.45, 2.75) is 122 Å². The average molecular weight is 511 g/mol. The number of methoxy groups -OCH3 is 1. The highest BCUT2D eigenvalue weighted by Gasteiger charge is 2.33. The van der Waals surface area contributed by atoms with Crippen LogP contribution >= 0.6 is 0 Å².